The van der Waals surface area contributed by atoms with E-state index in [4.69, 9.17) is 0 Å². The summed E-state index contributed by atoms with van der Waals surface area (Å²) in [7, 11) is 0. The van der Waals surface area contributed by atoms with Crippen molar-refractivity contribution in [2.45, 2.75) is 19.9 Å². The summed E-state index contributed by atoms with van der Waals surface area (Å²) < 4.78 is 1.47. The highest BCUT2D eigenvalue weighted by Gasteiger charge is 2.05. The highest BCUT2D eigenvalue weighted by atomic mass is 16.1. The standard InChI is InChI=1S/C9H10N4O2/c1-5(2)13-4-6-8(12-9(13)15)11-7(14)3-10-6/h3-5H,1-2H3,(H,11,12,14,15). The van der Waals surface area contributed by atoms with Gasteiger partial charge in [0.1, 0.15) is 5.52 Å². The van der Waals surface area contributed by atoms with Gasteiger partial charge in [0.15, 0.2) is 5.65 Å². The molecule has 0 aromatic carbocycles. The fourth-order valence-electron chi connectivity index (χ4n) is 1.29. The van der Waals surface area contributed by atoms with E-state index in [1.54, 1.807) is 6.20 Å². The van der Waals surface area contributed by atoms with E-state index in [2.05, 4.69) is 15.0 Å². The molecule has 1 N–H and O–H groups in total. The molecule has 0 saturated heterocycles. The van der Waals surface area contributed by atoms with Crippen LogP contribution in [0.4, 0.5) is 0 Å². The monoisotopic (exact) mass is 206 g/mol. The minimum atomic E-state index is -0.388. The lowest BCUT2D eigenvalue weighted by atomic mass is 10.4. The van der Waals surface area contributed by atoms with Crippen molar-refractivity contribution in [3.63, 3.8) is 0 Å². The van der Waals surface area contributed by atoms with Crippen LogP contribution >= 0.6 is 0 Å². The zero-order chi connectivity index (χ0) is 11.0. The fourth-order valence-corrected chi connectivity index (χ4v) is 1.29. The second-order valence-corrected chi connectivity index (χ2v) is 3.51. The molecule has 0 saturated carbocycles. The lowest BCUT2D eigenvalue weighted by Gasteiger charge is -2.08. The highest BCUT2D eigenvalue weighted by molar-refractivity contribution is 5.66. The molecule has 0 atom stereocenters. The van der Waals surface area contributed by atoms with E-state index >= 15 is 0 Å². The Hall–Kier alpha value is -1.98. The van der Waals surface area contributed by atoms with Gasteiger partial charge in [-0.25, -0.2) is 9.78 Å². The Morgan fingerprint density at radius 2 is 2.13 bits per heavy atom. The molecule has 0 fully saturated rings. The van der Waals surface area contributed by atoms with E-state index < -0.39 is 0 Å². The molecule has 2 heterocycles. The Balaban J connectivity index is 2.82. The van der Waals surface area contributed by atoms with Gasteiger partial charge in [-0.2, -0.15) is 4.98 Å². The van der Waals surface area contributed by atoms with Gasteiger partial charge in [0.05, 0.1) is 6.20 Å². The van der Waals surface area contributed by atoms with Crippen molar-refractivity contribution >= 4 is 11.2 Å². The van der Waals surface area contributed by atoms with E-state index in [0.29, 0.717) is 5.52 Å². The van der Waals surface area contributed by atoms with Crippen LogP contribution in [0.1, 0.15) is 19.9 Å². The second-order valence-electron chi connectivity index (χ2n) is 3.51. The van der Waals surface area contributed by atoms with Crippen molar-refractivity contribution in [1.29, 1.82) is 0 Å². The SMILES string of the molecule is CC(C)n1cc2ncc(=O)[nH]c2nc1=O. The number of aromatic amines is 1. The fraction of sp³-hybridized carbons (Fsp3) is 0.333. The molecule has 0 aliphatic rings. The summed E-state index contributed by atoms with van der Waals surface area (Å²) in [6.45, 7) is 3.75. The molecule has 2 rings (SSSR count). The largest absolute Gasteiger partial charge is 0.349 e. The lowest BCUT2D eigenvalue weighted by Crippen LogP contribution is -2.25. The number of hydrogen-bond acceptors (Lipinski definition) is 4. The van der Waals surface area contributed by atoms with Crippen molar-refractivity contribution in [2.75, 3.05) is 0 Å². The van der Waals surface area contributed by atoms with Crippen LogP contribution < -0.4 is 11.2 Å². The summed E-state index contributed by atoms with van der Waals surface area (Å²) in [4.78, 5) is 32.5. The molecule has 6 heteroatoms. The van der Waals surface area contributed by atoms with Gasteiger partial charge in [-0.05, 0) is 13.8 Å². The van der Waals surface area contributed by atoms with Crippen molar-refractivity contribution < 1.29 is 0 Å². The van der Waals surface area contributed by atoms with Gasteiger partial charge in [0, 0.05) is 12.2 Å². The molecular formula is C9H10N4O2. The Bertz CT molecular complexity index is 611. The number of fused-ring (bicyclic) bond motifs is 1. The van der Waals surface area contributed by atoms with Crippen molar-refractivity contribution in [1.82, 2.24) is 19.5 Å². The predicted molar refractivity (Wildman–Crippen MR) is 54.8 cm³/mol. The van der Waals surface area contributed by atoms with Gasteiger partial charge in [-0.1, -0.05) is 0 Å². The normalized spacial score (nSPS) is 11.1. The number of aromatic nitrogens is 4. The maximum Gasteiger partial charge on any atom is 0.349 e. The molecule has 2 aromatic rings. The van der Waals surface area contributed by atoms with Crippen LogP contribution in [0.25, 0.3) is 11.2 Å². The Morgan fingerprint density at radius 3 is 2.80 bits per heavy atom. The average Bonchev–Trinajstić information content (AvgIpc) is 2.15. The third-order valence-electron chi connectivity index (χ3n) is 2.05. The molecule has 0 amide bonds. The third kappa shape index (κ3) is 1.65. The van der Waals surface area contributed by atoms with E-state index in [-0.39, 0.29) is 22.9 Å². The first kappa shape index (κ1) is 9.57. The predicted octanol–water partition coefficient (Wildman–Crippen LogP) is 0.0607. The number of nitrogens with one attached hydrogen (secondary N) is 1. The van der Waals surface area contributed by atoms with Gasteiger partial charge in [0.2, 0.25) is 0 Å². The molecule has 0 radical (unpaired) electrons. The molecule has 0 aliphatic heterocycles. The zero-order valence-electron chi connectivity index (χ0n) is 8.39. The minimum absolute atomic E-state index is 0.0168. The van der Waals surface area contributed by atoms with Gasteiger partial charge in [-0.3, -0.25) is 9.36 Å². The summed E-state index contributed by atoms with van der Waals surface area (Å²) in [6, 6.07) is 0.0168. The average molecular weight is 206 g/mol. The minimum Gasteiger partial charge on any atom is -0.304 e. The number of hydrogen-bond donors (Lipinski definition) is 1. The first-order valence-corrected chi connectivity index (χ1v) is 4.56. The molecule has 78 valence electrons. The first-order valence-electron chi connectivity index (χ1n) is 4.56. The Kier molecular flexibility index (Phi) is 2.11. The molecule has 6 nitrogen and oxygen atoms in total. The molecule has 0 aliphatic carbocycles. The van der Waals surface area contributed by atoms with Crippen LogP contribution in [0.3, 0.4) is 0 Å². The first-order chi connectivity index (χ1) is 7.08. The van der Waals surface area contributed by atoms with Crippen LogP contribution in [-0.4, -0.2) is 19.5 Å². The maximum atomic E-state index is 11.5. The lowest BCUT2D eigenvalue weighted by molar-refractivity contribution is 0.567. The van der Waals surface area contributed by atoms with Crippen molar-refractivity contribution in [2.24, 2.45) is 0 Å². The van der Waals surface area contributed by atoms with E-state index in [1.165, 1.54) is 10.8 Å². The molecule has 0 unspecified atom stereocenters. The summed E-state index contributed by atoms with van der Waals surface area (Å²) in [6.07, 6.45) is 2.75. The van der Waals surface area contributed by atoms with E-state index in [9.17, 15) is 9.59 Å². The number of H-pyrrole nitrogens is 1. The van der Waals surface area contributed by atoms with Gasteiger partial charge < -0.3 is 4.98 Å². The molecule has 15 heavy (non-hydrogen) atoms. The molecular weight excluding hydrogens is 196 g/mol. The van der Waals surface area contributed by atoms with Gasteiger partial charge in [-0.15, -0.1) is 0 Å². The van der Waals surface area contributed by atoms with Crippen LogP contribution in [0.2, 0.25) is 0 Å². The molecule has 0 spiro atoms. The maximum absolute atomic E-state index is 11.5. The van der Waals surface area contributed by atoms with Crippen LogP contribution in [0, 0.1) is 0 Å². The quantitative estimate of drug-likeness (QED) is 0.715. The molecule has 2 aromatic heterocycles. The van der Waals surface area contributed by atoms with Gasteiger partial charge >= 0.3 is 5.69 Å². The van der Waals surface area contributed by atoms with E-state index in [1.807, 2.05) is 13.8 Å². The second kappa shape index (κ2) is 3.30. The Labute approximate surface area is 84.6 Å². The van der Waals surface area contributed by atoms with Gasteiger partial charge in [0.25, 0.3) is 5.56 Å². The Morgan fingerprint density at radius 1 is 1.40 bits per heavy atom. The van der Waals surface area contributed by atoms with Crippen molar-refractivity contribution in [3.05, 3.63) is 33.2 Å². The summed E-state index contributed by atoms with van der Waals surface area (Å²) in [5.41, 5.74) is -0.0230. The molecule has 0 bridgehead atoms. The third-order valence-corrected chi connectivity index (χ3v) is 2.05. The summed E-state index contributed by atoms with van der Waals surface area (Å²) in [5.74, 6) is 0. The summed E-state index contributed by atoms with van der Waals surface area (Å²) >= 11 is 0. The zero-order valence-corrected chi connectivity index (χ0v) is 8.39. The van der Waals surface area contributed by atoms with Crippen LogP contribution in [-0.2, 0) is 0 Å². The number of rotatable bonds is 1. The van der Waals surface area contributed by atoms with Crippen LogP contribution in [0.15, 0.2) is 22.0 Å². The van der Waals surface area contributed by atoms with Crippen molar-refractivity contribution in [3.8, 4) is 0 Å². The topological polar surface area (TPSA) is 80.6 Å². The summed E-state index contributed by atoms with van der Waals surface area (Å²) in [5, 5.41) is 0. The van der Waals surface area contributed by atoms with E-state index in [0.717, 1.165) is 0 Å². The van der Waals surface area contributed by atoms with Crippen LogP contribution in [0.5, 0.6) is 0 Å². The highest BCUT2D eigenvalue weighted by Crippen LogP contribution is 2.03. The smallest absolute Gasteiger partial charge is 0.304 e. The number of nitrogens with zero attached hydrogens (tertiary/aromatic N) is 3.